The Kier molecular flexibility index (Phi) is 3.77. The Bertz CT molecular complexity index is 543. The summed E-state index contributed by atoms with van der Waals surface area (Å²) in [6.45, 7) is 2.61. The lowest BCUT2D eigenvalue weighted by atomic mass is 10.1. The molecule has 1 N–H and O–H groups in total. The molecule has 0 unspecified atom stereocenters. The normalized spacial score (nSPS) is 10.3. The topological polar surface area (TPSA) is 42.4 Å². The minimum absolute atomic E-state index is 0.0948. The van der Waals surface area contributed by atoms with Crippen molar-refractivity contribution in [3.63, 3.8) is 0 Å². The van der Waals surface area contributed by atoms with Crippen LogP contribution in [0.3, 0.4) is 0 Å². The summed E-state index contributed by atoms with van der Waals surface area (Å²) in [5, 5.41) is 9.17. The number of halogens is 1. The SMILES string of the molecule is CCCOc1cncc(-c2ccc(O)cc2F)c1. The highest BCUT2D eigenvalue weighted by Crippen LogP contribution is 2.27. The Morgan fingerprint density at radius 2 is 2.11 bits per heavy atom. The lowest BCUT2D eigenvalue weighted by Crippen LogP contribution is -1.96. The Labute approximate surface area is 105 Å². The Morgan fingerprint density at radius 3 is 2.83 bits per heavy atom. The van der Waals surface area contributed by atoms with E-state index in [0.29, 0.717) is 23.5 Å². The monoisotopic (exact) mass is 247 g/mol. The van der Waals surface area contributed by atoms with Gasteiger partial charge in [0.05, 0.1) is 12.8 Å². The second kappa shape index (κ2) is 5.49. The van der Waals surface area contributed by atoms with Gasteiger partial charge in [-0.15, -0.1) is 0 Å². The lowest BCUT2D eigenvalue weighted by molar-refractivity contribution is 0.316. The standard InChI is InChI=1S/C14H14FNO2/c1-2-5-18-12-6-10(8-16-9-12)13-4-3-11(17)7-14(13)15/h3-4,6-9,17H,2,5H2,1H3. The predicted molar refractivity (Wildman–Crippen MR) is 67.1 cm³/mol. The smallest absolute Gasteiger partial charge is 0.138 e. The van der Waals surface area contributed by atoms with Gasteiger partial charge < -0.3 is 9.84 Å². The van der Waals surface area contributed by atoms with Crippen LogP contribution in [0.2, 0.25) is 0 Å². The van der Waals surface area contributed by atoms with E-state index in [1.54, 1.807) is 18.5 Å². The summed E-state index contributed by atoms with van der Waals surface area (Å²) >= 11 is 0. The first-order valence-electron chi connectivity index (χ1n) is 5.77. The minimum atomic E-state index is -0.482. The van der Waals surface area contributed by atoms with Gasteiger partial charge in [-0.1, -0.05) is 6.92 Å². The average molecular weight is 247 g/mol. The molecule has 2 aromatic rings. The molecule has 1 heterocycles. The van der Waals surface area contributed by atoms with E-state index >= 15 is 0 Å². The summed E-state index contributed by atoms with van der Waals surface area (Å²) in [5.74, 6) is 0.0360. The van der Waals surface area contributed by atoms with Crippen molar-refractivity contribution in [1.82, 2.24) is 4.98 Å². The number of ether oxygens (including phenoxy) is 1. The van der Waals surface area contributed by atoms with Crippen LogP contribution < -0.4 is 4.74 Å². The first kappa shape index (κ1) is 12.4. The van der Waals surface area contributed by atoms with Crippen LogP contribution in [0.5, 0.6) is 11.5 Å². The van der Waals surface area contributed by atoms with Crippen molar-refractivity contribution < 1.29 is 14.2 Å². The Hall–Kier alpha value is -2.10. The number of aromatic hydroxyl groups is 1. The van der Waals surface area contributed by atoms with E-state index in [-0.39, 0.29) is 5.75 Å². The zero-order chi connectivity index (χ0) is 13.0. The van der Waals surface area contributed by atoms with E-state index in [4.69, 9.17) is 4.74 Å². The van der Waals surface area contributed by atoms with E-state index in [9.17, 15) is 9.50 Å². The number of rotatable bonds is 4. The van der Waals surface area contributed by atoms with Crippen molar-refractivity contribution in [2.45, 2.75) is 13.3 Å². The van der Waals surface area contributed by atoms with Crippen molar-refractivity contribution in [1.29, 1.82) is 0 Å². The molecule has 4 heteroatoms. The van der Waals surface area contributed by atoms with Gasteiger partial charge in [-0.25, -0.2) is 4.39 Å². The van der Waals surface area contributed by atoms with Crippen LogP contribution in [0.4, 0.5) is 4.39 Å². The quantitative estimate of drug-likeness (QED) is 0.900. The molecule has 1 aromatic carbocycles. The molecule has 0 spiro atoms. The summed E-state index contributed by atoms with van der Waals surface area (Å²) in [7, 11) is 0. The Balaban J connectivity index is 2.32. The molecule has 1 aromatic heterocycles. The highest BCUT2D eigenvalue weighted by molar-refractivity contribution is 5.65. The van der Waals surface area contributed by atoms with Crippen LogP contribution in [-0.2, 0) is 0 Å². The van der Waals surface area contributed by atoms with Crippen molar-refractivity contribution >= 4 is 0 Å². The van der Waals surface area contributed by atoms with E-state index in [2.05, 4.69) is 4.98 Å². The summed E-state index contributed by atoms with van der Waals surface area (Å²) in [6, 6.07) is 5.77. The fourth-order valence-corrected chi connectivity index (χ4v) is 1.60. The van der Waals surface area contributed by atoms with Crippen LogP contribution >= 0.6 is 0 Å². The van der Waals surface area contributed by atoms with Crippen LogP contribution in [-0.4, -0.2) is 16.7 Å². The molecule has 18 heavy (non-hydrogen) atoms. The third kappa shape index (κ3) is 2.77. The van der Waals surface area contributed by atoms with E-state index in [0.717, 1.165) is 12.5 Å². The molecule has 0 saturated carbocycles. The number of hydrogen-bond acceptors (Lipinski definition) is 3. The van der Waals surface area contributed by atoms with Gasteiger partial charge in [-0.05, 0) is 24.6 Å². The summed E-state index contributed by atoms with van der Waals surface area (Å²) < 4.78 is 19.1. The summed E-state index contributed by atoms with van der Waals surface area (Å²) in [5.41, 5.74) is 1.02. The lowest BCUT2D eigenvalue weighted by Gasteiger charge is -2.07. The highest BCUT2D eigenvalue weighted by Gasteiger charge is 2.07. The van der Waals surface area contributed by atoms with Crippen LogP contribution in [0.1, 0.15) is 13.3 Å². The third-order valence-corrected chi connectivity index (χ3v) is 2.45. The zero-order valence-corrected chi connectivity index (χ0v) is 10.1. The number of benzene rings is 1. The maximum Gasteiger partial charge on any atom is 0.138 e. The number of phenols is 1. The summed E-state index contributed by atoms with van der Waals surface area (Å²) in [6.07, 6.45) is 4.06. The van der Waals surface area contributed by atoms with Gasteiger partial charge in [0.2, 0.25) is 0 Å². The molecule has 0 aliphatic heterocycles. The van der Waals surface area contributed by atoms with Crippen LogP contribution in [0.25, 0.3) is 11.1 Å². The molecule has 0 aliphatic carbocycles. The number of hydrogen-bond donors (Lipinski definition) is 1. The number of phenolic OH excluding ortho intramolecular Hbond substituents is 1. The highest BCUT2D eigenvalue weighted by atomic mass is 19.1. The molecule has 2 rings (SSSR count). The van der Waals surface area contributed by atoms with Gasteiger partial charge in [-0.3, -0.25) is 4.98 Å². The molecular formula is C14H14FNO2. The first-order valence-corrected chi connectivity index (χ1v) is 5.77. The molecule has 0 bridgehead atoms. The van der Waals surface area contributed by atoms with Gasteiger partial charge in [0.1, 0.15) is 17.3 Å². The average Bonchev–Trinajstić information content (AvgIpc) is 2.36. The number of pyridine rings is 1. The second-order valence-electron chi connectivity index (χ2n) is 3.92. The minimum Gasteiger partial charge on any atom is -0.508 e. The van der Waals surface area contributed by atoms with E-state index in [1.807, 2.05) is 6.92 Å². The number of aromatic nitrogens is 1. The van der Waals surface area contributed by atoms with Gasteiger partial charge >= 0.3 is 0 Å². The zero-order valence-electron chi connectivity index (χ0n) is 10.1. The second-order valence-corrected chi connectivity index (χ2v) is 3.92. The van der Waals surface area contributed by atoms with Crippen molar-refractivity contribution in [3.05, 3.63) is 42.5 Å². The Morgan fingerprint density at radius 1 is 1.28 bits per heavy atom. The largest absolute Gasteiger partial charge is 0.508 e. The van der Waals surface area contributed by atoms with Crippen molar-refractivity contribution in [3.8, 4) is 22.6 Å². The van der Waals surface area contributed by atoms with Gasteiger partial charge in [-0.2, -0.15) is 0 Å². The third-order valence-electron chi connectivity index (χ3n) is 2.45. The fraction of sp³-hybridized carbons (Fsp3) is 0.214. The molecule has 94 valence electrons. The maximum absolute atomic E-state index is 13.7. The van der Waals surface area contributed by atoms with Crippen LogP contribution in [0, 0.1) is 5.82 Å². The fourth-order valence-electron chi connectivity index (χ4n) is 1.60. The van der Waals surface area contributed by atoms with Gasteiger partial charge in [0, 0.05) is 23.4 Å². The summed E-state index contributed by atoms with van der Waals surface area (Å²) in [4.78, 5) is 4.02. The van der Waals surface area contributed by atoms with Crippen molar-refractivity contribution in [2.75, 3.05) is 6.61 Å². The van der Waals surface area contributed by atoms with E-state index < -0.39 is 5.82 Å². The molecule has 0 amide bonds. The molecule has 0 saturated heterocycles. The molecule has 0 atom stereocenters. The first-order chi connectivity index (χ1) is 8.70. The van der Waals surface area contributed by atoms with Gasteiger partial charge in [0.25, 0.3) is 0 Å². The molecule has 0 radical (unpaired) electrons. The van der Waals surface area contributed by atoms with Gasteiger partial charge in [0.15, 0.2) is 0 Å². The van der Waals surface area contributed by atoms with Crippen LogP contribution in [0.15, 0.2) is 36.7 Å². The van der Waals surface area contributed by atoms with E-state index in [1.165, 1.54) is 12.1 Å². The van der Waals surface area contributed by atoms with Crippen molar-refractivity contribution in [2.24, 2.45) is 0 Å². The maximum atomic E-state index is 13.7. The molecular weight excluding hydrogens is 233 g/mol. The molecule has 0 aliphatic rings. The molecule has 3 nitrogen and oxygen atoms in total. The molecule has 0 fully saturated rings. The number of nitrogens with zero attached hydrogens (tertiary/aromatic N) is 1. The predicted octanol–water partition coefficient (Wildman–Crippen LogP) is 3.38.